The highest BCUT2D eigenvalue weighted by molar-refractivity contribution is 6.16. The molecular formula is C20H19NO4. The second-order valence-electron chi connectivity index (χ2n) is 5.77. The summed E-state index contributed by atoms with van der Waals surface area (Å²) in [5.74, 6) is -1.12. The summed E-state index contributed by atoms with van der Waals surface area (Å²) in [6.07, 6.45) is 1.21. The van der Waals surface area contributed by atoms with Gasteiger partial charge < -0.3 is 14.7 Å². The summed E-state index contributed by atoms with van der Waals surface area (Å²) in [6.45, 7) is 1.91. The molecule has 2 aromatic rings. The predicted octanol–water partition coefficient (Wildman–Crippen LogP) is 2.50. The van der Waals surface area contributed by atoms with E-state index in [0.29, 0.717) is 16.8 Å². The zero-order valence-electron chi connectivity index (χ0n) is 14.1. The van der Waals surface area contributed by atoms with Gasteiger partial charge in [0.1, 0.15) is 0 Å². The Labute approximate surface area is 146 Å². The predicted molar refractivity (Wildman–Crippen MR) is 94.8 cm³/mol. The average Bonchev–Trinajstić information content (AvgIpc) is 2.64. The minimum absolute atomic E-state index is 0.210. The minimum atomic E-state index is -1.96. The number of aliphatic hydroxyl groups is 1. The first kappa shape index (κ1) is 16.9. The molecule has 5 nitrogen and oxygen atoms in total. The Hall–Kier alpha value is -2.92. The van der Waals surface area contributed by atoms with Gasteiger partial charge in [0, 0.05) is 24.3 Å². The van der Waals surface area contributed by atoms with E-state index in [-0.39, 0.29) is 12.2 Å². The van der Waals surface area contributed by atoms with Gasteiger partial charge in [-0.25, -0.2) is 4.79 Å². The van der Waals surface area contributed by atoms with Crippen LogP contribution >= 0.6 is 0 Å². The summed E-state index contributed by atoms with van der Waals surface area (Å²) in [6, 6.07) is 15.8. The summed E-state index contributed by atoms with van der Waals surface area (Å²) in [7, 11) is 1.61. The van der Waals surface area contributed by atoms with E-state index in [1.54, 1.807) is 68.6 Å². The van der Waals surface area contributed by atoms with E-state index >= 15 is 0 Å². The lowest BCUT2D eigenvalue weighted by molar-refractivity contribution is -0.137. The van der Waals surface area contributed by atoms with E-state index in [1.807, 2.05) is 0 Å². The number of carbonyl (C=O) groups excluding carboxylic acids is 2. The number of para-hydroxylation sites is 1. The van der Waals surface area contributed by atoms with E-state index in [9.17, 15) is 14.7 Å². The molecule has 1 aliphatic heterocycles. The second-order valence-corrected chi connectivity index (χ2v) is 5.77. The molecule has 0 spiro atoms. The van der Waals surface area contributed by atoms with Crippen molar-refractivity contribution in [2.75, 3.05) is 18.6 Å². The van der Waals surface area contributed by atoms with Crippen LogP contribution in [-0.4, -0.2) is 30.6 Å². The lowest BCUT2D eigenvalue weighted by Crippen LogP contribution is -2.50. The third-order valence-electron chi connectivity index (χ3n) is 4.30. The molecule has 128 valence electrons. The zero-order chi connectivity index (χ0) is 18.0. The summed E-state index contributed by atoms with van der Waals surface area (Å²) in [5.41, 5.74) is -0.0997. The number of fused-ring (bicyclic) bond motifs is 1. The van der Waals surface area contributed by atoms with Gasteiger partial charge in [0.25, 0.3) is 5.91 Å². The van der Waals surface area contributed by atoms with Gasteiger partial charge in [0.05, 0.1) is 12.3 Å². The largest absolute Gasteiger partial charge is 0.463 e. The Morgan fingerprint density at radius 2 is 1.80 bits per heavy atom. The Bertz CT molecular complexity index is 844. The van der Waals surface area contributed by atoms with E-state index in [2.05, 4.69) is 0 Å². The molecule has 0 aromatic heterocycles. The third kappa shape index (κ3) is 2.72. The molecule has 0 fully saturated rings. The van der Waals surface area contributed by atoms with Gasteiger partial charge in [-0.2, -0.15) is 0 Å². The van der Waals surface area contributed by atoms with Crippen LogP contribution in [0.4, 0.5) is 5.69 Å². The third-order valence-corrected chi connectivity index (χ3v) is 4.30. The van der Waals surface area contributed by atoms with Crippen molar-refractivity contribution >= 4 is 23.1 Å². The number of rotatable bonds is 3. The lowest BCUT2D eigenvalue weighted by atomic mass is 9.77. The van der Waals surface area contributed by atoms with E-state index in [4.69, 9.17) is 4.74 Å². The second kappa shape index (κ2) is 6.53. The first-order valence-electron chi connectivity index (χ1n) is 8.04. The highest BCUT2D eigenvalue weighted by Gasteiger charge is 2.49. The van der Waals surface area contributed by atoms with Gasteiger partial charge in [-0.3, -0.25) is 4.79 Å². The van der Waals surface area contributed by atoms with E-state index in [1.165, 1.54) is 11.0 Å². The first-order valence-corrected chi connectivity index (χ1v) is 8.04. The first-order chi connectivity index (χ1) is 12.0. The van der Waals surface area contributed by atoms with Gasteiger partial charge in [-0.1, -0.05) is 48.5 Å². The van der Waals surface area contributed by atoms with Crippen molar-refractivity contribution in [2.45, 2.75) is 12.5 Å². The number of hydrogen-bond acceptors (Lipinski definition) is 4. The van der Waals surface area contributed by atoms with Gasteiger partial charge in [-0.15, -0.1) is 0 Å². The van der Waals surface area contributed by atoms with Crippen LogP contribution in [0.15, 0.2) is 60.7 Å². The Morgan fingerprint density at radius 3 is 2.48 bits per heavy atom. The molecule has 0 radical (unpaired) electrons. The number of nitrogens with zero attached hydrogens (tertiary/aromatic N) is 1. The zero-order valence-corrected chi connectivity index (χ0v) is 14.1. The van der Waals surface area contributed by atoms with Crippen LogP contribution in [0.2, 0.25) is 0 Å². The molecule has 3 rings (SSSR count). The van der Waals surface area contributed by atoms with Crippen molar-refractivity contribution in [3.63, 3.8) is 0 Å². The van der Waals surface area contributed by atoms with Crippen molar-refractivity contribution in [2.24, 2.45) is 0 Å². The number of likely N-dealkylation sites (N-methyl/N-ethyl adjacent to an activating group) is 1. The number of anilines is 1. The van der Waals surface area contributed by atoms with Crippen LogP contribution in [0.25, 0.3) is 5.57 Å². The van der Waals surface area contributed by atoms with Gasteiger partial charge in [0.2, 0.25) is 0 Å². The highest BCUT2D eigenvalue weighted by atomic mass is 16.5. The number of amides is 1. The Balaban J connectivity index is 2.28. The molecule has 1 amide bonds. The molecular weight excluding hydrogens is 318 g/mol. The topological polar surface area (TPSA) is 66.8 Å². The molecule has 25 heavy (non-hydrogen) atoms. The molecule has 0 bridgehead atoms. The van der Waals surface area contributed by atoms with Crippen molar-refractivity contribution < 1.29 is 19.4 Å². The Kier molecular flexibility index (Phi) is 4.42. The fourth-order valence-electron chi connectivity index (χ4n) is 3.10. The van der Waals surface area contributed by atoms with Crippen LogP contribution < -0.4 is 4.90 Å². The summed E-state index contributed by atoms with van der Waals surface area (Å²) >= 11 is 0. The molecule has 0 saturated heterocycles. The molecule has 1 unspecified atom stereocenters. The standard InChI is InChI=1S/C20H19NO4/c1-3-25-18(22)13-16-15-11-7-8-12-17(15)21(2)19(23)20(16,24)14-9-5-4-6-10-14/h4-13,24H,3H2,1-2H3/b16-13+. The van der Waals surface area contributed by atoms with Crippen molar-refractivity contribution in [3.8, 4) is 0 Å². The minimum Gasteiger partial charge on any atom is -0.463 e. The van der Waals surface area contributed by atoms with Crippen molar-refractivity contribution in [1.82, 2.24) is 0 Å². The molecule has 5 heteroatoms. The molecule has 1 heterocycles. The molecule has 0 aliphatic carbocycles. The highest BCUT2D eigenvalue weighted by Crippen LogP contribution is 2.45. The maximum absolute atomic E-state index is 13.0. The lowest BCUT2D eigenvalue weighted by Gasteiger charge is -2.39. The van der Waals surface area contributed by atoms with Crippen LogP contribution in [0.5, 0.6) is 0 Å². The number of ether oxygens (including phenoxy) is 1. The summed E-state index contributed by atoms with van der Waals surface area (Å²) in [5, 5.41) is 11.4. The van der Waals surface area contributed by atoms with E-state index < -0.39 is 17.5 Å². The maximum atomic E-state index is 13.0. The SMILES string of the molecule is CCOC(=O)/C=C1\c2ccccc2N(C)C(=O)C1(O)c1ccccc1. The van der Waals surface area contributed by atoms with Crippen molar-refractivity contribution in [3.05, 3.63) is 71.8 Å². The van der Waals surface area contributed by atoms with Gasteiger partial charge >= 0.3 is 5.97 Å². The monoisotopic (exact) mass is 337 g/mol. The molecule has 1 N–H and O–H groups in total. The van der Waals surface area contributed by atoms with Gasteiger partial charge in [-0.05, 0) is 18.6 Å². The maximum Gasteiger partial charge on any atom is 0.331 e. The van der Waals surface area contributed by atoms with Crippen LogP contribution in [0.1, 0.15) is 18.1 Å². The van der Waals surface area contributed by atoms with Crippen LogP contribution in [0, 0.1) is 0 Å². The van der Waals surface area contributed by atoms with Crippen molar-refractivity contribution in [1.29, 1.82) is 0 Å². The normalized spacial score (nSPS) is 21.2. The average molecular weight is 337 g/mol. The fourth-order valence-corrected chi connectivity index (χ4v) is 3.10. The number of hydrogen-bond donors (Lipinski definition) is 1. The number of benzene rings is 2. The van der Waals surface area contributed by atoms with Crippen LogP contribution in [0.3, 0.4) is 0 Å². The fraction of sp³-hybridized carbons (Fsp3) is 0.200. The quantitative estimate of drug-likeness (QED) is 0.690. The molecule has 0 saturated carbocycles. The number of esters is 1. The Morgan fingerprint density at radius 1 is 1.16 bits per heavy atom. The summed E-state index contributed by atoms with van der Waals surface area (Å²) < 4.78 is 5.00. The number of carbonyl (C=O) groups is 2. The van der Waals surface area contributed by atoms with Gasteiger partial charge in [0.15, 0.2) is 5.60 Å². The van der Waals surface area contributed by atoms with Crippen LogP contribution in [-0.2, 0) is 19.9 Å². The molecule has 1 atom stereocenters. The molecule has 2 aromatic carbocycles. The summed E-state index contributed by atoms with van der Waals surface area (Å²) in [4.78, 5) is 26.5. The smallest absolute Gasteiger partial charge is 0.331 e. The van der Waals surface area contributed by atoms with E-state index in [0.717, 1.165) is 0 Å². The molecule has 1 aliphatic rings.